The first-order valence-corrected chi connectivity index (χ1v) is 8.61. The van der Waals surface area contributed by atoms with Gasteiger partial charge in [0.2, 0.25) is 0 Å². The predicted molar refractivity (Wildman–Crippen MR) is 99.8 cm³/mol. The number of carbonyl (C=O) groups excluding carboxylic acids is 1. The fourth-order valence-corrected chi connectivity index (χ4v) is 2.80. The van der Waals surface area contributed by atoms with Crippen LogP contribution < -0.4 is 5.32 Å². The SMILES string of the molecule is CCCc1c(C(=O)Nc2cccc(Cl)c2)nnn1-c1ccc(Cl)cc1. The van der Waals surface area contributed by atoms with Crippen LogP contribution in [0.15, 0.2) is 48.5 Å². The zero-order chi connectivity index (χ0) is 17.8. The lowest BCUT2D eigenvalue weighted by molar-refractivity contribution is 0.102. The molecule has 0 bridgehead atoms. The quantitative estimate of drug-likeness (QED) is 0.698. The van der Waals surface area contributed by atoms with E-state index in [1.54, 1.807) is 41.1 Å². The van der Waals surface area contributed by atoms with Crippen molar-refractivity contribution < 1.29 is 4.79 Å². The largest absolute Gasteiger partial charge is 0.320 e. The molecule has 0 spiro atoms. The van der Waals surface area contributed by atoms with Crippen LogP contribution in [0.25, 0.3) is 5.69 Å². The van der Waals surface area contributed by atoms with Crippen molar-refractivity contribution in [2.75, 3.05) is 5.32 Å². The molecule has 128 valence electrons. The van der Waals surface area contributed by atoms with Gasteiger partial charge in [0.05, 0.1) is 11.4 Å². The Morgan fingerprint density at radius 1 is 1.12 bits per heavy atom. The summed E-state index contributed by atoms with van der Waals surface area (Å²) in [6.07, 6.45) is 1.53. The van der Waals surface area contributed by atoms with Gasteiger partial charge in [-0.15, -0.1) is 5.10 Å². The third kappa shape index (κ3) is 4.00. The van der Waals surface area contributed by atoms with E-state index in [9.17, 15) is 4.79 Å². The van der Waals surface area contributed by atoms with E-state index in [0.29, 0.717) is 27.8 Å². The van der Waals surface area contributed by atoms with Crippen molar-refractivity contribution in [3.8, 4) is 5.69 Å². The molecular formula is C18H16Cl2N4O. The van der Waals surface area contributed by atoms with E-state index in [0.717, 1.165) is 17.8 Å². The molecule has 1 amide bonds. The molecule has 0 fully saturated rings. The summed E-state index contributed by atoms with van der Waals surface area (Å²) < 4.78 is 1.67. The normalized spacial score (nSPS) is 10.7. The Morgan fingerprint density at radius 3 is 2.56 bits per heavy atom. The van der Waals surface area contributed by atoms with Crippen LogP contribution in [0.5, 0.6) is 0 Å². The Balaban J connectivity index is 1.93. The fraction of sp³-hybridized carbons (Fsp3) is 0.167. The van der Waals surface area contributed by atoms with Gasteiger partial charge < -0.3 is 5.32 Å². The molecule has 5 nitrogen and oxygen atoms in total. The number of rotatable bonds is 5. The number of carbonyl (C=O) groups is 1. The summed E-state index contributed by atoms with van der Waals surface area (Å²) in [6.45, 7) is 2.04. The molecule has 3 rings (SSSR count). The molecule has 1 heterocycles. The molecule has 25 heavy (non-hydrogen) atoms. The molecule has 7 heteroatoms. The van der Waals surface area contributed by atoms with Crippen LogP contribution >= 0.6 is 23.2 Å². The number of anilines is 1. The number of nitrogens with one attached hydrogen (secondary N) is 1. The van der Waals surface area contributed by atoms with Crippen molar-refractivity contribution in [1.29, 1.82) is 0 Å². The van der Waals surface area contributed by atoms with Gasteiger partial charge in [-0.25, -0.2) is 4.68 Å². The van der Waals surface area contributed by atoms with Crippen molar-refractivity contribution in [3.63, 3.8) is 0 Å². The first kappa shape index (κ1) is 17.5. The van der Waals surface area contributed by atoms with Gasteiger partial charge in [0.15, 0.2) is 5.69 Å². The van der Waals surface area contributed by atoms with Crippen LogP contribution in [0, 0.1) is 0 Å². The Bertz CT molecular complexity index is 890. The third-order valence-corrected chi connectivity index (χ3v) is 4.11. The number of nitrogens with zero attached hydrogens (tertiary/aromatic N) is 3. The van der Waals surface area contributed by atoms with Crippen LogP contribution in [0.1, 0.15) is 29.5 Å². The average Bonchev–Trinajstić information content (AvgIpc) is 3.00. The molecule has 2 aromatic carbocycles. The second-order valence-electron chi connectivity index (χ2n) is 5.49. The van der Waals surface area contributed by atoms with E-state index in [1.165, 1.54) is 0 Å². The lowest BCUT2D eigenvalue weighted by Gasteiger charge is -2.08. The summed E-state index contributed by atoms with van der Waals surface area (Å²) in [7, 11) is 0. The first-order chi connectivity index (χ1) is 12.1. The summed E-state index contributed by atoms with van der Waals surface area (Å²) in [5.74, 6) is -0.314. The van der Waals surface area contributed by atoms with Crippen LogP contribution in [0.4, 0.5) is 5.69 Å². The van der Waals surface area contributed by atoms with E-state index in [1.807, 2.05) is 19.1 Å². The van der Waals surface area contributed by atoms with E-state index in [2.05, 4.69) is 15.6 Å². The first-order valence-electron chi connectivity index (χ1n) is 7.86. The zero-order valence-corrected chi connectivity index (χ0v) is 15.1. The van der Waals surface area contributed by atoms with Crippen molar-refractivity contribution in [2.45, 2.75) is 19.8 Å². The Morgan fingerprint density at radius 2 is 1.88 bits per heavy atom. The minimum Gasteiger partial charge on any atom is -0.320 e. The molecule has 1 N–H and O–H groups in total. The van der Waals surface area contributed by atoms with Gasteiger partial charge in [-0.3, -0.25) is 4.79 Å². The van der Waals surface area contributed by atoms with Gasteiger partial charge in [-0.05, 0) is 48.9 Å². The van der Waals surface area contributed by atoms with Crippen molar-refractivity contribution in [1.82, 2.24) is 15.0 Å². The Labute approximate surface area is 155 Å². The number of hydrogen-bond acceptors (Lipinski definition) is 3. The van der Waals surface area contributed by atoms with Crippen molar-refractivity contribution in [2.24, 2.45) is 0 Å². The fourth-order valence-electron chi connectivity index (χ4n) is 2.49. The van der Waals surface area contributed by atoms with Gasteiger partial charge in [0.25, 0.3) is 5.91 Å². The number of aromatic nitrogens is 3. The molecule has 0 aliphatic carbocycles. The predicted octanol–water partition coefficient (Wildman–Crippen LogP) is 4.78. The molecule has 0 radical (unpaired) electrons. The maximum absolute atomic E-state index is 12.6. The topological polar surface area (TPSA) is 59.8 Å². The summed E-state index contributed by atoms with van der Waals surface area (Å²) in [4.78, 5) is 12.6. The second-order valence-corrected chi connectivity index (χ2v) is 6.36. The Hall–Kier alpha value is -2.37. The molecule has 0 aliphatic rings. The minimum absolute atomic E-state index is 0.303. The number of hydrogen-bond donors (Lipinski definition) is 1. The van der Waals surface area contributed by atoms with Gasteiger partial charge in [0.1, 0.15) is 0 Å². The van der Waals surface area contributed by atoms with E-state index in [-0.39, 0.29) is 5.91 Å². The van der Waals surface area contributed by atoms with E-state index >= 15 is 0 Å². The molecule has 0 aliphatic heterocycles. The lowest BCUT2D eigenvalue weighted by Crippen LogP contribution is -2.15. The number of benzene rings is 2. The van der Waals surface area contributed by atoms with Crippen LogP contribution in [-0.2, 0) is 6.42 Å². The average molecular weight is 375 g/mol. The standard InChI is InChI=1S/C18H16Cl2N4O/c1-2-4-16-17(18(25)21-14-6-3-5-13(20)11-14)22-23-24(16)15-9-7-12(19)8-10-15/h3,5-11H,2,4H2,1H3,(H,21,25). The molecule has 0 saturated carbocycles. The Kier molecular flexibility index (Phi) is 5.36. The number of amides is 1. The lowest BCUT2D eigenvalue weighted by atomic mass is 10.2. The third-order valence-electron chi connectivity index (χ3n) is 3.62. The highest BCUT2D eigenvalue weighted by Gasteiger charge is 2.20. The van der Waals surface area contributed by atoms with Crippen molar-refractivity contribution >= 4 is 34.8 Å². The number of halogens is 2. The highest BCUT2D eigenvalue weighted by Crippen LogP contribution is 2.20. The summed E-state index contributed by atoms with van der Waals surface area (Å²) >= 11 is 11.9. The smallest absolute Gasteiger partial charge is 0.278 e. The molecule has 0 saturated heterocycles. The maximum atomic E-state index is 12.6. The van der Waals surface area contributed by atoms with E-state index in [4.69, 9.17) is 23.2 Å². The highest BCUT2D eigenvalue weighted by atomic mass is 35.5. The van der Waals surface area contributed by atoms with Crippen molar-refractivity contribution in [3.05, 3.63) is 70.0 Å². The van der Waals surface area contributed by atoms with Gasteiger partial charge in [-0.1, -0.05) is 47.8 Å². The molecule has 0 atom stereocenters. The molecule has 3 aromatic rings. The highest BCUT2D eigenvalue weighted by molar-refractivity contribution is 6.31. The second kappa shape index (κ2) is 7.68. The molecule has 1 aromatic heterocycles. The zero-order valence-electron chi connectivity index (χ0n) is 13.5. The summed E-state index contributed by atoms with van der Waals surface area (Å²) in [5.41, 5.74) is 2.48. The van der Waals surface area contributed by atoms with Crippen LogP contribution in [0.2, 0.25) is 10.0 Å². The van der Waals surface area contributed by atoms with Gasteiger partial charge in [0, 0.05) is 15.7 Å². The summed E-state index contributed by atoms with van der Waals surface area (Å²) in [6, 6.07) is 14.2. The van der Waals surface area contributed by atoms with E-state index < -0.39 is 0 Å². The summed E-state index contributed by atoms with van der Waals surface area (Å²) in [5, 5.41) is 12.2. The van der Waals surface area contributed by atoms with Crippen LogP contribution in [0.3, 0.4) is 0 Å². The molecular weight excluding hydrogens is 359 g/mol. The maximum Gasteiger partial charge on any atom is 0.278 e. The van der Waals surface area contributed by atoms with Crippen LogP contribution in [-0.4, -0.2) is 20.9 Å². The van der Waals surface area contributed by atoms with Gasteiger partial charge >= 0.3 is 0 Å². The minimum atomic E-state index is -0.314. The monoisotopic (exact) mass is 374 g/mol. The molecule has 0 unspecified atom stereocenters. The van der Waals surface area contributed by atoms with Gasteiger partial charge in [-0.2, -0.15) is 0 Å².